The number of rotatable bonds is 3. The molecule has 0 heterocycles. The van der Waals surface area contributed by atoms with Gasteiger partial charge in [0.25, 0.3) is 0 Å². The van der Waals surface area contributed by atoms with Crippen LogP contribution in [-0.4, -0.2) is 12.0 Å². The third kappa shape index (κ3) is 3.39. The molecule has 66 valence electrons. The zero-order chi connectivity index (χ0) is 9.07. The van der Waals surface area contributed by atoms with Crippen molar-refractivity contribution in [2.24, 2.45) is 5.92 Å². The van der Waals surface area contributed by atoms with Gasteiger partial charge < -0.3 is 0 Å². The van der Waals surface area contributed by atoms with E-state index in [2.05, 4.69) is 0 Å². The van der Waals surface area contributed by atoms with E-state index in [1.54, 1.807) is 6.92 Å². The highest BCUT2D eigenvalue weighted by Gasteiger charge is 2.40. The normalized spacial score (nSPS) is 14.6. The molecule has 11 heavy (non-hydrogen) atoms. The van der Waals surface area contributed by atoms with Crippen LogP contribution in [0.25, 0.3) is 0 Å². The second kappa shape index (κ2) is 3.74. The highest BCUT2D eigenvalue weighted by Crippen LogP contribution is 2.22. The zero-order valence-electron chi connectivity index (χ0n) is 6.53. The van der Waals surface area contributed by atoms with Gasteiger partial charge in [-0.15, -0.1) is 0 Å². The van der Waals surface area contributed by atoms with Crippen molar-refractivity contribution >= 4 is 5.78 Å². The Morgan fingerprint density at radius 2 is 1.91 bits per heavy atom. The molecule has 0 aromatic carbocycles. The Balaban J connectivity index is 4.03. The third-order valence-corrected chi connectivity index (χ3v) is 1.45. The fraction of sp³-hybridized carbons (Fsp3) is 0.857. The molecule has 0 saturated heterocycles. The highest BCUT2D eigenvalue weighted by atomic mass is 19.4. The summed E-state index contributed by atoms with van der Waals surface area (Å²) in [6.45, 7) is 3.06. The van der Waals surface area contributed by atoms with Crippen LogP contribution in [0.2, 0.25) is 0 Å². The average Bonchev–Trinajstić information content (AvgIpc) is 1.85. The van der Waals surface area contributed by atoms with Crippen LogP contribution >= 0.6 is 0 Å². The first-order chi connectivity index (χ1) is 4.89. The largest absolute Gasteiger partial charge is 0.450 e. The number of hydrogen-bond acceptors (Lipinski definition) is 1. The summed E-state index contributed by atoms with van der Waals surface area (Å²) >= 11 is 0. The van der Waals surface area contributed by atoms with Crippen molar-refractivity contribution in [2.45, 2.75) is 32.9 Å². The van der Waals surface area contributed by atoms with Crippen LogP contribution in [0.3, 0.4) is 0 Å². The van der Waals surface area contributed by atoms with Gasteiger partial charge in [-0.25, -0.2) is 0 Å². The molecule has 0 rings (SSSR count). The number of Topliss-reactive ketones (excluding diaryl/α,β-unsaturated/α-hetero) is 1. The molecule has 0 aromatic heterocycles. The maximum absolute atomic E-state index is 11.7. The zero-order valence-corrected chi connectivity index (χ0v) is 6.53. The SMILES string of the molecule is CCCC(C)C(=O)C(F)(F)F. The summed E-state index contributed by atoms with van der Waals surface area (Å²) in [6, 6.07) is 0. The minimum absolute atomic E-state index is 0.304. The second-order valence-electron chi connectivity index (χ2n) is 2.55. The fourth-order valence-corrected chi connectivity index (χ4v) is 0.843. The lowest BCUT2D eigenvalue weighted by Crippen LogP contribution is -2.28. The molecule has 0 saturated carbocycles. The Morgan fingerprint density at radius 1 is 1.45 bits per heavy atom. The van der Waals surface area contributed by atoms with Crippen LogP contribution < -0.4 is 0 Å². The molecule has 4 heteroatoms. The molecule has 0 aliphatic rings. The Hall–Kier alpha value is -0.540. The molecule has 0 bridgehead atoms. The minimum Gasteiger partial charge on any atom is -0.289 e. The predicted octanol–water partition coefficient (Wildman–Crippen LogP) is 2.55. The van der Waals surface area contributed by atoms with E-state index in [1.807, 2.05) is 0 Å². The Kier molecular flexibility index (Phi) is 3.55. The van der Waals surface area contributed by atoms with Crippen molar-refractivity contribution in [3.8, 4) is 0 Å². The smallest absolute Gasteiger partial charge is 0.289 e. The van der Waals surface area contributed by atoms with Crippen molar-refractivity contribution in [1.82, 2.24) is 0 Å². The van der Waals surface area contributed by atoms with Crippen LogP contribution in [-0.2, 0) is 4.79 Å². The number of carbonyl (C=O) groups is 1. The van der Waals surface area contributed by atoms with Crippen LogP contribution in [0.5, 0.6) is 0 Å². The lowest BCUT2D eigenvalue weighted by molar-refractivity contribution is -0.175. The molecule has 0 N–H and O–H groups in total. The van der Waals surface area contributed by atoms with E-state index in [0.717, 1.165) is 0 Å². The maximum Gasteiger partial charge on any atom is 0.450 e. The van der Waals surface area contributed by atoms with Gasteiger partial charge in [0.1, 0.15) is 0 Å². The summed E-state index contributed by atoms with van der Waals surface area (Å²) in [5, 5.41) is 0. The third-order valence-electron chi connectivity index (χ3n) is 1.45. The molecule has 1 nitrogen and oxygen atoms in total. The Morgan fingerprint density at radius 3 is 2.18 bits per heavy atom. The van der Waals surface area contributed by atoms with Gasteiger partial charge >= 0.3 is 6.18 Å². The summed E-state index contributed by atoms with van der Waals surface area (Å²) in [5.41, 5.74) is 0. The molecule has 0 amide bonds. The molecule has 0 fully saturated rings. The number of hydrogen-bond donors (Lipinski definition) is 0. The number of ketones is 1. The first-order valence-corrected chi connectivity index (χ1v) is 3.50. The molecule has 0 aromatic rings. The minimum atomic E-state index is -4.66. The summed E-state index contributed by atoms with van der Waals surface area (Å²) in [6.07, 6.45) is -3.75. The quantitative estimate of drug-likeness (QED) is 0.632. The number of alkyl halides is 3. The molecule has 1 atom stereocenters. The van der Waals surface area contributed by atoms with Gasteiger partial charge in [-0.1, -0.05) is 20.3 Å². The van der Waals surface area contributed by atoms with E-state index in [9.17, 15) is 18.0 Å². The van der Waals surface area contributed by atoms with Crippen molar-refractivity contribution < 1.29 is 18.0 Å². The monoisotopic (exact) mass is 168 g/mol. The molecular formula is C7H11F3O. The van der Waals surface area contributed by atoms with Crippen molar-refractivity contribution in [3.05, 3.63) is 0 Å². The topological polar surface area (TPSA) is 17.1 Å². The first kappa shape index (κ1) is 10.5. The van der Waals surface area contributed by atoms with Crippen LogP contribution in [0.15, 0.2) is 0 Å². The summed E-state index contributed by atoms with van der Waals surface area (Å²) < 4.78 is 35.0. The number of halogens is 3. The Labute approximate surface area is 63.6 Å². The maximum atomic E-state index is 11.7. The average molecular weight is 168 g/mol. The summed E-state index contributed by atoms with van der Waals surface area (Å²) in [7, 11) is 0. The van der Waals surface area contributed by atoms with Gasteiger partial charge in [0.05, 0.1) is 0 Å². The standard InChI is InChI=1S/C7H11F3O/c1-3-4-5(2)6(11)7(8,9)10/h5H,3-4H2,1-2H3. The van der Waals surface area contributed by atoms with E-state index in [0.29, 0.717) is 12.8 Å². The molecule has 0 spiro atoms. The fourth-order valence-electron chi connectivity index (χ4n) is 0.843. The van der Waals surface area contributed by atoms with Gasteiger partial charge in [0, 0.05) is 5.92 Å². The van der Waals surface area contributed by atoms with Crippen molar-refractivity contribution in [3.63, 3.8) is 0 Å². The van der Waals surface area contributed by atoms with Gasteiger partial charge in [-0.2, -0.15) is 13.2 Å². The summed E-state index contributed by atoms with van der Waals surface area (Å²) in [5.74, 6) is -2.50. The van der Waals surface area contributed by atoms with Gasteiger partial charge in [0.15, 0.2) is 0 Å². The molecule has 0 radical (unpaired) electrons. The summed E-state index contributed by atoms with van der Waals surface area (Å²) in [4.78, 5) is 10.4. The molecular weight excluding hydrogens is 157 g/mol. The van der Waals surface area contributed by atoms with Crippen LogP contribution in [0.4, 0.5) is 13.2 Å². The van der Waals surface area contributed by atoms with E-state index >= 15 is 0 Å². The van der Waals surface area contributed by atoms with E-state index in [1.165, 1.54) is 6.92 Å². The lowest BCUT2D eigenvalue weighted by atomic mass is 10.0. The lowest BCUT2D eigenvalue weighted by Gasteiger charge is -2.10. The van der Waals surface area contributed by atoms with Crippen LogP contribution in [0.1, 0.15) is 26.7 Å². The Bertz CT molecular complexity index is 139. The van der Waals surface area contributed by atoms with E-state index in [-0.39, 0.29) is 0 Å². The van der Waals surface area contributed by atoms with Gasteiger partial charge in [-0.05, 0) is 6.42 Å². The van der Waals surface area contributed by atoms with Crippen LogP contribution in [0, 0.1) is 5.92 Å². The first-order valence-electron chi connectivity index (χ1n) is 3.50. The number of carbonyl (C=O) groups excluding carboxylic acids is 1. The second-order valence-corrected chi connectivity index (χ2v) is 2.55. The van der Waals surface area contributed by atoms with Gasteiger partial charge in [0.2, 0.25) is 5.78 Å². The molecule has 0 aliphatic heterocycles. The predicted molar refractivity (Wildman–Crippen MR) is 35.1 cm³/mol. The molecule has 1 unspecified atom stereocenters. The van der Waals surface area contributed by atoms with Crippen molar-refractivity contribution in [1.29, 1.82) is 0 Å². The van der Waals surface area contributed by atoms with Crippen molar-refractivity contribution in [2.75, 3.05) is 0 Å². The van der Waals surface area contributed by atoms with E-state index < -0.39 is 17.9 Å². The van der Waals surface area contributed by atoms with E-state index in [4.69, 9.17) is 0 Å². The van der Waals surface area contributed by atoms with Gasteiger partial charge in [-0.3, -0.25) is 4.79 Å². The molecule has 0 aliphatic carbocycles. The highest BCUT2D eigenvalue weighted by molar-refractivity contribution is 5.85.